The van der Waals surface area contributed by atoms with Gasteiger partial charge in [0.15, 0.2) is 0 Å². The summed E-state index contributed by atoms with van der Waals surface area (Å²) in [6.07, 6.45) is 6.93. The first-order chi connectivity index (χ1) is 10.9. The minimum atomic E-state index is -0.740. The molecule has 0 nitrogen and oxygen atoms in total. The standard InChI is InChI=1S/C20H35ClF2/c1-4-15(7-6-14(3)21)17-10-8-16(12-20(17)23)18-9-5-13(2)11-19(18)22/h13-20H,4-12H2,1-3H3. The van der Waals surface area contributed by atoms with Crippen molar-refractivity contribution in [3.63, 3.8) is 0 Å². The molecule has 8 atom stereocenters. The van der Waals surface area contributed by atoms with E-state index in [1.54, 1.807) is 0 Å². The van der Waals surface area contributed by atoms with E-state index in [0.717, 1.165) is 44.9 Å². The van der Waals surface area contributed by atoms with Crippen LogP contribution in [0.15, 0.2) is 0 Å². The molecule has 0 radical (unpaired) electrons. The predicted molar refractivity (Wildman–Crippen MR) is 95.5 cm³/mol. The van der Waals surface area contributed by atoms with Crippen LogP contribution in [-0.2, 0) is 0 Å². The molecule has 23 heavy (non-hydrogen) atoms. The maximum absolute atomic E-state index is 14.9. The Labute approximate surface area is 146 Å². The van der Waals surface area contributed by atoms with Crippen molar-refractivity contribution >= 4 is 11.6 Å². The normalized spacial score (nSPS) is 41.5. The topological polar surface area (TPSA) is 0 Å². The fraction of sp³-hybridized carbons (Fsp3) is 1.00. The summed E-state index contributed by atoms with van der Waals surface area (Å²) in [6, 6.07) is 0. The molecule has 0 heterocycles. The third-order valence-electron chi connectivity index (χ3n) is 6.62. The third kappa shape index (κ3) is 5.31. The van der Waals surface area contributed by atoms with Gasteiger partial charge >= 0.3 is 0 Å². The van der Waals surface area contributed by atoms with Crippen molar-refractivity contribution in [3.05, 3.63) is 0 Å². The van der Waals surface area contributed by atoms with Crippen LogP contribution in [0.4, 0.5) is 8.78 Å². The second-order valence-corrected chi connectivity index (χ2v) is 9.12. The fourth-order valence-electron chi connectivity index (χ4n) is 5.12. The first-order valence-corrected chi connectivity index (χ1v) is 10.3. The summed E-state index contributed by atoms with van der Waals surface area (Å²) in [7, 11) is 0. The lowest BCUT2D eigenvalue weighted by Crippen LogP contribution is -2.38. The molecule has 0 spiro atoms. The van der Waals surface area contributed by atoms with Crippen LogP contribution < -0.4 is 0 Å². The molecule has 2 saturated carbocycles. The van der Waals surface area contributed by atoms with Crippen LogP contribution in [0.3, 0.4) is 0 Å². The van der Waals surface area contributed by atoms with E-state index in [0.29, 0.717) is 24.7 Å². The Morgan fingerprint density at radius 3 is 2.30 bits per heavy atom. The molecule has 3 heteroatoms. The Hall–Kier alpha value is 0.150. The van der Waals surface area contributed by atoms with Crippen LogP contribution in [0.2, 0.25) is 0 Å². The molecule has 2 aliphatic carbocycles. The van der Waals surface area contributed by atoms with Gasteiger partial charge in [0.05, 0.1) is 0 Å². The van der Waals surface area contributed by atoms with E-state index in [9.17, 15) is 8.78 Å². The number of hydrogen-bond acceptors (Lipinski definition) is 0. The zero-order chi connectivity index (χ0) is 17.0. The molecule has 8 unspecified atom stereocenters. The summed E-state index contributed by atoms with van der Waals surface area (Å²) >= 11 is 6.07. The molecule has 0 aromatic carbocycles. The quantitative estimate of drug-likeness (QED) is 0.455. The lowest BCUT2D eigenvalue weighted by atomic mass is 9.65. The summed E-state index contributed by atoms with van der Waals surface area (Å²) < 4.78 is 29.3. The van der Waals surface area contributed by atoms with Gasteiger partial charge in [-0.3, -0.25) is 0 Å². The highest BCUT2D eigenvalue weighted by Crippen LogP contribution is 2.46. The fourth-order valence-corrected chi connectivity index (χ4v) is 5.25. The summed E-state index contributed by atoms with van der Waals surface area (Å²) in [5.41, 5.74) is 0. The largest absolute Gasteiger partial charge is 0.247 e. The molecule has 2 aliphatic rings. The summed E-state index contributed by atoms with van der Waals surface area (Å²) in [5.74, 6) is 1.51. The maximum Gasteiger partial charge on any atom is 0.103 e. The molecule has 2 fully saturated rings. The van der Waals surface area contributed by atoms with Crippen LogP contribution in [0.5, 0.6) is 0 Å². The van der Waals surface area contributed by atoms with Gasteiger partial charge in [-0.05, 0) is 81.5 Å². The lowest BCUT2D eigenvalue weighted by Gasteiger charge is -2.42. The highest BCUT2D eigenvalue weighted by Gasteiger charge is 2.41. The Kier molecular flexibility index (Phi) is 7.63. The molecular formula is C20H35ClF2. The molecular weight excluding hydrogens is 314 g/mol. The van der Waals surface area contributed by atoms with Crippen molar-refractivity contribution in [2.75, 3.05) is 0 Å². The van der Waals surface area contributed by atoms with Gasteiger partial charge in [0.2, 0.25) is 0 Å². The van der Waals surface area contributed by atoms with Gasteiger partial charge in [-0.1, -0.05) is 26.7 Å². The van der Waals surface area contributed by atoms with Crippen molar-refractivity contribution in [2.45, 2.75) is 96.3 Å². The summed E-state index contributed by atoms with van der Waals surface area (Å²) in [4.78, 5) is 0. The van der Waals surface area contributed by atoms with E-state index in [-0.39, 0.29) is 23.1 Å². The average molecular weight is 349 g/mol. The predicted octanol–water partition coefficient (Wildman–Crippen LogP) is 6.95. The highest BCUT2D eigenvalue weighted by molar-refractivity contribution is 6.20. The average Bonchev–Trinajstić information content (AvgIpc) is 2.49. The smallest absolute Gasteiger partial charge is 0.103 e. The Morgan fingerprint density at radius 2 is 1.74 bits per heavy atom. The first kappa shape index (κ1) is 19.5. The molecule has 0 N–H and O–H groups in total. The molecule has 0 saturated heterocycles. The number of alkyl halides is 3. The molecule has 2 rings (SSSR count). The zero-order valence-corrected chi connectivity index (χ0v) is 15.9. The van der Waals surface area contributed by atoms with Gasteiger partial charge < -0.3 is 0 Å². The van der Waals surface area contributed by atoms with Gasteiger partial charge in [-0.15, -0.1) is 11.6 Å². The molecule has 0 aromatic rings. The summed E-state index contributed by atoms with van der Waals surface area (Å²) in [6.45, 7) is 6.33. The van der Waals surface area contributed by atoms with Crippen molar-refractivity contribution in [1.29, 1.82) is 0 Å². The van der Waals surface area contributed by atoms with Crippen LogP contribution in [0.25, 0.3) is 0 Å². The number of hydrogen-bond donors (Lipinski definition) is 0. The van der Waals surface area contributed by atoms with Crippen molar-refractivity contribution < 1.29 is 8.78 Å². The lowest BCUT2D eigenvalue weighted by molar-refractivity contribution is 0.0146. The minimum absolute atomic E-state index is 0.119. The van der Waals surface area contributed by atoms with Gasteiger partial charge in [-0.2, -0.15) is 0 Å². The Balaban J connectivity index is 1.88. The van der Waals surface area contributed by atoms with Gasteiger partial charge in [0.1, 0.15) is 12.3 Å². The third-order valence-corrected chi connectivity index (χ3v) is 6.84. The SMILES string of the molecule is CCC(CCC(C)Cl)C1CCC(C2CCC(C)CC2F)CC1F. The Morgan fingerprint density at radius 1 is 1.00 bits per heavy atom. The Bertz CT molecular complexity index is 347. The van der Waals surface area contributed by atoms with Crippen LogP contribution in [0, 0.1) is 29.6 Å². The van der Waals surface area contributed by atoms with E-state index in [1.165, 1.54) is 0 Å². The van der Waals surface area contributed by atoms with Gasteiger partial charge in [0, 0.05) is 5.38 Å². The second-order valence-electron chi connectivity index (χ2n) is 8.38. The molecule has 0 aliphatic heterocycles. The first-order valence-electron chi connectivity index (χ1n) is 9.84. The number of halogens is 3. The molecule has 0 bridgehead atoms. The van der Waals surface area contributed by atoms with E-state index in [1.807, 2.05) is 6.92 Å². The van der Waals surface area contributed by atoms with E-state index in [2.05, 4.69) is 13.8 Å². The molecule has 136 valence electrons. The van der Waals surface area contributed by atoms with Gasteiger partial charge in [0.25, 0.3) is 0 Å². The van der Waals surface area contributed by atoms with E-state index >= 15 is 0 Å². The van der Waals surface area contributed by atoms with Crippen molar-refractivity contribution in [3.8, 4) is 0 Å². The van der Waals surface area contributed by atoms with Crippen molar-refractivity contribution in [2.24, 2.45) is 29.6 Å². The zero-order valence-electron chi connectivity index (χ0n) is 15.1. The summed E-state index contributed by atoms with van der Waals surface area (Å²) in [5, 5.41) is 0.176. The van der Waals surface area contributed by atoms with E-state index in [4.69, 9.17) is 11.6 Å². The number of rotatable bonds is 6. The van der Waals surface area contributed by atoms with Crippen LogP contribution >= 0.6 is 11.6 Å². The van der Waals surface area contributed by atoms with Crippen LogP contribution in [-0.4, -0.2) is 17.7 Å². The molecule has 0 aromatic heterocycles. The van der Waals surface area contributed by atoms with E-state index < -0.39 is 12.3 Å². The maximum atomic E-state index is 14.9. The van der Waals surface area contributed by atoms with Crippen LogP contribution in [0.1, 0.15) is 78.6 Å². The molecule has 0 amide bonds. The second kappa shape index (κ2) is 9.02. The van der Waals surface area contributed by atoms with Gasteiger partial charge in [-0.25, -0.2) is 8.78 Å². The highest BCUT2D eigenvalue weighted by atomic mass is 35.5. The van der Waals surface area contributed by atoms with Crippen molar-refractivity contribution in [1.82, 2.24) is 0 Å². The minimum Gasteiger partial charge on any atom is -0.247 e. The monoisotopic (exact) mass is 348 g/mol.